The van der Waals surface area contributed by atoms with Crippen LogP contribution in [0.25, 0.3) is 0 Å². The van der Waals surface area contributed by atoms with E-state index in [0.717, 1.165) is 9.04 Å². The first-order chi connectivity index (χ1) is 3.06. The summed E-state index contributed by atoms with van der Waals surface area (Å²) in [6, 6.07) is 0. The quantitative estimate of drug-likeness (QED) is 0.392. The second kappa shape index (κ2) is 2.89. The number of halogens is 1. The minimum atomic E-state index is 0.459. The fraction of sp³-hybridized carbons (Fsp3) is 1.00. The smallest absolute Gasteiger partial charge is 0.152 e. The van der Waals surface area contributed by atoms with Gasteiger partial charge in [-0.05, 0) is 5.04 Å². The average Bonchev–Trinajstić information content (AvgIpc) is 1.30. The molecule has 0 spiro atoms. The van der Waals surface area contributed by atoms with E-state index in [-0.39, 0.29) is 0 Å². The van der Waals surface area contributed by atoms with E-state index >= 15 is 0 Å². The highest BCUT2D eigenvalue weighted by Crippen LogP contribution is 2.18. The van der Waals surface area contributed by atoms with Gasteiger partial charge < -0.3 is 0 Å². The molecule has 0 fully saturated rings. The fourth-order valence-electron chi connectivity index (χ4n) is 0.142. The van der Waals surface area contributed by atoms with Crippen LogP contribution in [0.1, 0.15) is 20.8 Å². The van der Waals surface area contributed by atoms with Gasteiger partial charge >= 0.3 is 0 Å². The highest BCUT2D eigenvalue weighted by molar-refractivity contribution is 7.26. The molecule has 0 aliphatic heterocycles. The van der Waals surface area contributed by atoms with Crippen LogP contribution in [0.4, 0.5) is 0 Å². The fourth-order valence-corrected chi connectivity index (χ4v) is 3.83. The third-order valence-corrected chi connectivity index (χ3v) is 4.65. The van der Waals surface area contributed by atoms with Gasteiger partial charge in [0.2, 0.25) is 0 Å². The summed E-state index contributed by atoms with van der Waals surface area (Å²) in [5.74, 6) is 0. The Labute approximate surface area is 54.8 Å². The van der Waals surface area contributed by atoms with E-state index in [2.05, 4.69) is 20.8 Å². The third kappa shape index (κ3) is 6.72. The van der Waals surface area contributed by atoms with Crippen molar-refractivity contribution < 1.29 is 0 Å². The van der Waals surface area contributed by atoms with Gasteiger partial charge in [-0.1, -0.05) is 20.8 Å². The van der Waals surface area contributed by atoms with Crippen molar-refractivity contribution in [3.63, 3.8) is 0 Å². The molecule has 0 aliphatic rings. The second-order valence-corrected chi connectivity index (χ2v) is 7.43. The largest absolute Gasteiger partial charge is 0.176 e. The Hall–Kier alpha value is 0.724. The highest BCUT2D eigenvalue weighted by Gasteiger charge is 2.09. The lowest BCUT2D eigenvalue weighted by Crippen LogP contribution is -2.11. The average molecular weight is 149 g/mol. The molecule has 0 atom stereocenters. The summed E-state index contributed by atoms with van der Waals surface area (Å²) in [4.78, 5) is 0. The molecule has 0 N–H and O–H groups in total. The van der Waals surface area contributed by atoms with Gasteiger partial charge in [0.25, 0.3) is 0 Å². The Morgan fingerprint density at radius 2 is 1.71 bits per heavy atom. The first-order valence-electron chi connectivity index (χ1n) is 2.19. The Kier molecular flexibility index (Phi) is 3.19. The van der Waals surface area contributed by atoms with Gasteiger partial charge in [-0.15, -0.1) is 0 Å². The lowest BCUT2D eigenvalue weighted by molar-refractivity contribution is 0.763. The van der Waals surface area contributed by atoms with E-state index in [1.165, 1.54) is 0 Å². The van der Waals surface area contributed by atoms with Crippen molar-refractivity contribution in [2.24, 2.45) is 0 Å². The third-order valence-electron chi connectivity index (χ3n) is 0.422. The minimum Gasteiger partial charge on any atom is -0.176 e. The second-order valence-electron chi connectivity index (χ2n) is 2.47. The molecule has 0 bridgehead atoms. The molecule has 7 heavy (non-hydrogen) atoms. The van der Waals surface area contributed by atoms with Crippen LogP contribution in [0.15, 0.2) is 0 Å². The molecule has 0 saturated carbocycles. The van der Waals surface area contributed by atoms with Crippen molar-refractivity contribution in [1.82, 2.24) is 0 Å². The molecule has 3 heteroatoms. The maximum atomic E-state index is 5.53. The van der Waals surface area contributed by atoms with Crippen molar-refractivity contribution in [3.8, 4) is 0 Å². The van der Waals surface area contributed by atoms with E-state index in [0.29, 0.717) is 13.4 Å². The molecule has 0 nitrogen and oxygen atoms in total. The summed E-state index contributed by atoms with van der Waals surface area (Å²) in [6.07, 6.45) is 0. The summed E-state index contributed by atoms with van der Waals surface area (Å²) in [5, 5.41) is 0.459. The van der Waals surface area contributed by atoms with Crippen LogP contribution in [0, 0.1) is 0 Å². The van der Waals surface area contributed by atoms with Crippen molar-refractivity contribution >= 4 is 28.5 Å². The lowest BCUT2D eigenvalue weighted by Gasteiger charge is -2.12. The minimum absolute atomic E-state index is 0.459. The molecule has 40 valence electrons. The van der Waals surface area contributed by atoms with Gasteiger partial charge in [-0.3, -0.25) is 0 Å². The summed E-state index contributed by atoms with van der Waals surface area (Å²) < 4.78 is 0. The molecule has 0 aromatic carbocycles. The van der Waals surface area contributed by atoms with Gasteiger partial charge in [0.1, 0.15) is 0 Å². The Bertz CT molecular complexity index is 48.1. The first kappa shape index (κ1) is 7.72. The van der Waals surface area contributed by atoms with Crippen molar-refractivity contribution in [2.75, 3.05) is 0 Å². The van der Waals surface area contributed by atoms with Gasteiger partial charge in [-0.2, -0.15) is 11.1 Å². The maximum Gasteiger partial charge on any atom is 0.152 e. The Morgan fingerprint density at radius 3 is 1.71 bits per heavy atom. The van der Waals surface area contributed by atoms with Crippen LogP contribution in [-0.2, 0) is 0 Å². The van der Waals surface area contributed by atoms with Crippen molar-refractivity contribution in [3.05, 3.63) is 0 Å². The summed E-state index contributed by atoms with van der Waals surface area (Å²) in [7, 11) is 1.53. The molecule has 4 radical (unpaired) electrons. The molecule has 0 rings (SSSR count). The summed E-state index contributed by atoms with van der Waals surface area (Å²) in [5.41, 5.74) is 0. The Morgan fingerprint density at radius 1 is 1.29 bits per heavy atom. The number of hydrogen-bond donors (Lipinski definition) is 0. The maximum absolute atomic E-state index is 5.53. The lowest BCUT2D eigenvalue weighted by atomic mass is 10.3. The molecule has 0 unspecified atom stereocenters. The van der Waals surface area contributed by atoms with Crippen LogP contribution in [0.5, 0.6) is 0 Å². The molecule has 0 saturated heterocycles. The van der Waals surface area contributed by atoms with E-state index in [4.69, 9.17) is 11.1 Å². The number of hydrogen-bond acceptors (Lipinski definition) is 0. The van der Waals surface area contributed by atoms with Crippen LogP contribution >= 0.6 is 11.1 Å². The van der Waals surface area contributed by atoms with Gasteiger partial charge in [-0.25, -0.2) is 0 Å². The van der Waals surface area contributed by atoms with E-state index in [1.54, 1.807) is 0 Å². The summed E-state index contributed by atoms with van der Waals surface area (Å²) in [6.45, 7) is 6.63. The van der Waals surface area contributed by atoms with Crippen LogP contribution in [-0.4, -0.2) is 17.4 Å². The van der Waals surface area contributed by atoms with Gasteiger partial charge in [0.15, 0.2) is 8.35 Å². The topological polar surface area (TPSA) is 0 Å². The van der Waals surface area contributed by atoms with Crippen LogP contribution in [0.2, 0.25) is 5.04 Å². The standard InChI is InChI=1S/C4H9ClSi2/c1-4(2,3)6-7-5/h1-3H3. The predicted molar refractivity (Wildman–Crippen MR) is 37.1 cm³/mol. The summed E-state index contributed by atoms with van der Waals surface area (Å²) >= 11 is 5.53. The van der Waals surface area contributed by atoms with Gasteiger partial charge in [0, 0.05) is 0 Å². The van der Waals surface area contributed by atoms with E-state index in [9.17, 15) is 0 Å². The Balaban J connectivity index is 3.15. The molecule has 0 aromatic rings. The zero-order chi connectivity index (χ0) is 5.91. The first-order valence-corrected chi connectivity index (χ1v) is 6.20. The SMILES string of the molecule is CC(C)(C)[Si][Si]Cl. The highest BCUT2D eigenvalue weighted by atomic mass is 35.6. The molecule has 0 aliphatic carbocycles. The van der Waals surface area contributed by atoms with Crippen molar-refractivity contribution in [1.29, 1.82) is 0 Å². The van der Waals surface area contributed by atoms with Crippen molar-refractivity contribution in [2.45, 2.75) is 25.8 Å². The van der Waals surface area contributed by atoms with Gasteiger partial charge in [0.05, 0.1) is 9.04 Å². The molecule has 0 aromatic heterocycles. The number of rotatable bonds is 1. The predicted octanol–water partition coefficient (Wildman–Crippen LogP) is 1.68. The molecule has 0 amide bonds. The molecular formula is C4H9ClSi2. The van der Waals surface area contributed by atoms with Crippen LogP contribution < -0.4 is 0 Å². The van der Waals surface area contributed by atoms with Crippen LogP contribution in [0.3, 0.4) is 0 Å². The normalized spacial score (nSPS) is 12.0. The van der Waals surface area contributed by atoms with E-state index in [1.807, 2.05) is 0 Å². The molecular weight excluding hydrogens is 140 g/mol. The van der Waals surface area contributed by atoms with E-state index < -0.39 is 0 Å². The zero-order valence-corrected chi connectivity index (χ0v) is 7.63. The monoisotopic (exact) mass is 148 g/mol. The molecule has 0 heterocycles. The zero-order valence-electron chi connectivity index (χ0n) is 4.88.